The average Bonchev–Trinajstić information content (AvgIpc) is 2.15. The van der Waals surface area contributed by atoms with E-state index in [-0.39, 0.29) is 20.4 Å². The molecule has 0 aliphatic heterocycles. The van der Waals surface area contributed by atoms with Gasteiger partial charge in [0.25, 0.3) is 0 Å². The van der Waals surface area contributed by atoms with Crippen LogP contribution in [0.15, 0.2) is 21.9 Å². The van der Waals surface area contributed by atoms with E-state index in [1.54, 1.807) is 3.70 Å². The van der Waals surface area contributed by atoms with Crippen molar-refractivity contribution >= 4 is 20.4 Å². The summed E-state index contributed by atoms with van der Waals surface area (Å²) >= 11 is 0.121. The number of hydrogen-bond acceptors (Lipinski definition) is 0. The maximum absolute atomic E-state index is 2.32. The molecule has 9 heavy (non-hydrogen) atoms. The van der Waals surface area contributed by atoms with Crippen LogP contribution in [0.3, 0.4) is 0 Å². The molecular weight excluding hydrogens is 120 g/mol. The van der Waals surface area contributed by atoms with Gasteiger partial charge < -0.3 is 0 Å². The third kappa shape index (κ3) is 2.54. The lowest BCUT2D eigenvalue weighted by Gasteiger charge is -2.00. The Kier molecular flexibility index (Phi) is 2.80. The van der Waals surface area contributed by atoms with Crippen molar-refractivity contribution < 1.29 is 0 Å². The SMILES string of the molecule is C[CH](C)[Mg][C]1=CC=CC1. The first kappa shape index (κ1) is 7.35. The van der Waals surface area contributed by atoms with Crippen LogP contribution in [0.4, 0.5) is 0 Å². The van der Waals surface area contributed by atoms with Crippen molar-refractivity contribution in [2.45, 2.75) is 24.3 Å². The van der Waals surface area contributed by atoms with E-state index in [1.165, 1.54) is 6.42 Å². The summed E-state index contributed by atoms with van der Waals surface area (Å²) in [5.74, 6) is 0. The van der Waals surface area contributed by atoms with Gasteiger partial charge in [-0.05, 0) is 6.42 Å². The van der Waals surface area contributed by atoms with Crippen molar-refractivity contribution in [1.82, 2.24) is 0 Å². The molecule has 1 aliphatic rings. The molecule has 0 atom stereocenters. The highest BCUT2D eigenvalue weighted by atomic mass is 24.5. The lowest BCUT2D eigenvalue weighted by Crippen LogP contribution is -1.97. The van der Waals surface area contributed by atoms with E-state index in [9.17, 15) is 0 Å². The van der Waals surface area contributed by atoms with E-state index in [0.29, 0.717) is 0 Å². The van der Waals surface area contributed by atoms with Gasteiger partial charge in [-0.15, -0.1) is 4.05 Å². The van der Waals surface area contributed by atoms with Gasteiger partial charge in [0.15, 0.2) is 0 Å². The molecule has 46 valence electrons. The van der Waals surface area contributed by atoms with E-state index in [2.05, 4.69) is 32.1 Å². The van der Waals surface area contributed by atoms with Gasteiger partial charge in [0.05, 0.1) is 0 Å². The molecule has 0 bridgehead atoms. The summed E-state index contributed by atoms with van der Waals surface area (Å²) in [7, 11) is 0. The zero-order chi connectivity index (χ0) is 6.69. The molecule has 0 radical (unpaired) electrons. The van der Waals surface area contributed by atoms with Crippen LogP contribution in [0.5, 0.6) is 0 Å². The first-order chi connectivity index (χ1) is 4.29. The van der Waals surface area contributed by atoms with E-state index >= 15 is 0 Å². The summed E-state index contributed by atoms with van der Waals surface area (Å²) in [5.41, 5.74) is 0. The highest BCUT2D eigenvalue weighted by Crippen LogP contribution is 2.13. The van der Waals surface area contributed by atoms with Gasteiger partial charge in [0.1, 0.15) is 0 Å². The van der Waals surface area contributed by atoms with E-state index in [0.717, 1.165) is 4.05 Å². The molecule has 0 aromatic carbocycles. The minimum absolute atomic E-state index is 0.121. The second kappa shape index (κ2) is 3.42. The Morgan fingerprint density at radius 1 is 1.56 bits per heavy atom. The fourth-order valence-electron chi connectivity index (χ4n) is 1.17. The van der Waals surface area contributed by atoms with Crippen LogP contribution in [-0.2, 0) is 0 Å². The molecule has 0 heterocycles. The van der Waals surface area contributed by atoms with Crippen LogP contribution < -0.4 is 0 Å². The summed E-state index contributed by atoms with van der Waals surface area (Å²) in [6.45, 7) is 4.65. The summed E-state index contributed by atoms with van der Waals surface area (Å²) < 4.78 is 2.68. The topological polar surface area (TPSA) is 0 Å². The van der Waals surface area contributed by atoms with Crippen LogP contribution in [0, 0.1) is 0 Å². The minimum Gasteiger partial charge on any atom is -0.190 e. The maximum atomic E-state index is 2.32. The van der Waals surface area contributed by atoms with Crippen molar-refractivity contribution in [3.63, 3.8) is 0 Å². The summed E-state index contributed by atoms with van der Waals surface area (Å²) in [6.07, 6.45) is 7.99. The molecule has 0 spiro atoms. The molecule has 0 N–H and O–H groups in total. The zero-order valence-electron chi connectivity index (χ0n) is 6.22. The Hall–Kier alpha value is 0.246. The van der Waals surface area contributed by atoms with Gasteiger partial charge in [-0.3, -0.25) is 0 Å². The van der Waals surface area contributed by atoms with Crippen molar-refractivity contribution in [3.05, 3.63) is 21.9 Å². The van der Waals surface area contributed by atoms with E-state index < -0.39 is 0 Å². The molecule has 0 aromatic heterocycles. The predicted molar refractivity (Wildman–Crippen MR) is 42.7 cm³/mol. The molecule has 0 unspecified atom stereocenters. The van der Waals surface area contributed by atoms with Crippen LogP contribution in [0.1, 0.15) is 20.3 Å². The maximum Gasteiger partial charge on any atom is 0.405 e. The Labute approximate surface area is 66.7 Å². The fourth-order valence-corrected chi connectivity index (χ4v) is 2.82. The molecule has 0 aromatic rings. The molecule has 1 aliphatic carbocycles. The third-order valence-electron chi connectivity index (χ3n) is 1.52. The third-order valence-corrected chi connectivity index (χ3v) is 3.38. The lowest BCUT2D eigenvalue weighted by atomic mass is 10.5. The molecule has 0 amide bonds. The van der Waals surface area contributed by atoms with Gasteiger partial charge in [-0.25, -0.2) is 0 Å². The largest absolute Gasteiger partial charge is 0.405 e. The van der Waals surface area contributed by atoms with Gasteiger partial charge in [-0.1, -0.05) is 32.1 Å². The molecule has 0 nitrogen and oxygen atoms in total. The summed E-state index contributed by atoms with van der Waals surface area (Å²) in [6, 6.07) is 0. The second-order valence-corrected chi connectivity index (χ2v) is 6.00. The minimum atomic E-state index is 0.121. The van der Waals surface area contributed by atoms with Crippen LogP contribution in [0.25, 0.3) is 0 Å². The van der Waals surface area contributed by atoms with Gasteiger partial charge >= 0.3 is 20.4 Å². The zero-order valence-corrected chi connectivity index (χ0v) is 7.64. The monoisotopic (exact) mass is 132 g/mol. The summed E-state index contributed by atoms with van der Waals surface area (Å²) in [5, 5.41) is 0. The van der Waals surface area contributed by atoms with Crippen molar-refractivity contribution in [2.24, 2.45) is 0 Å². The molecule has 0 fully saturated rings. The van der Waals surface area contributed by atoms with Crippen LogP contribution >= 0.6 is 0 Å². The quantitative estimate of drug-likeness (QED) is 0.506. The van der Waals surface area contributed by atoms with Crippen molar-refractivity contribution in [3.8, 4) is 0 Å². The first-order valence-electron chi connectivity index (χ1n) is 3.63. The summed E-state index contributed by atoms with van der Waals surface area (Å²) in [4.78, 5) is 0. The van der Waals surface area contributed by atoms with Crippen LogP contribution in [-0.4, -0.2) is 20.4 Å². The standard InChI is InChI=1S/C5H5.C3H7.Mg/c1-2-4-5-3-1;1-3-2;/h1-3H,4H2;3H,1-2H3;. The fraction of sp³-hybridized carbons (Fsp3) is 0.500. The lowest BCUT2D eigenvalue weighted by molar-refractivity contribution is 1.06. The predicted octanol–water partition coefficient (Wildman–Crippen LogP) is 2.36. The smallest absolute Gasteiger partial charge is 0.190 e. The van der Waals surface area contributed by atoms with E-state index in [1.807, 2.05) is 0 Å². The normalized spacial score (nSPS) is 16.1. The highest BCUT2D eigenvalue weighted by Gasteiger charge is 2.06. The average molecular weight is 132 g/mol. The second-order valence-electron chi connectivity index (χ2n) is 3.06. The molecule has 0 saturated carbocycles. The molecule has 1 rings (SSSR count). The number of rotatable bonds is 2. The Bertz CT molecular complexity index is 143. The Morgan fingerprint density at radius 3 is 2.78 bits per heavy atom. The van der Waals surface area contributed by atoms with E-state index in [4.69, 9.17) is 0 Å². The van der Waals surface area contributed by atoms with Gasteiger partial charge in [-0.2, -0.15) is 3.70 Å². The van der Waals surface area contributed by atoms with Gasteiger partial charge in [0.2, 0.25) is 0 Å². The number of allylic oxidation sites excluding steroid dienone is 4. The molecule has 0 saturated heterocycles. The van der Waals surface area contributed by atoms with Crippen LogP contribution in [0.2, 0.25) is 4.05 Å². The Morgan fingerprint density at radius 2 is 2.33 bits per heavy atom. The molecular formula is C8H12Mg. The first-order valence-corrected chi connectivity index (χ1v) is 5.16. The highest BCUT2D eigenvalue weighted by molar-refractivity contribution is 6.47. The number of hydrogen-bond donors (Lipinski definition) is 0. The molecule has 1 heteroatoms. The van der Waals surface area contributed by atoms with Crippen molar-refractivity contribution in [2.75, 3.05) is 0 Å². The van der Waals surface area contributed by atoms with Crippen molar-refractivity contribution in [1.29, 1.82) is 0 Å². The Balaban J connectivity index is 2.30. The van der Waals surface area contributed by atoms with Gasteiger partial charge in [0, 0.05) is 0 Å².